The largest absolute Gasteiger partial charge is 0.396 e. The van der Waals surface area contributed by atoms with Gasteiger partial charge in [0.1, 0.15) is 11.4 Å². The van der Waals surface area contributed by atoms with Crippen molar-refractivity contribution in [2.24, 2.45) is 11.8 Å². The Hall–Kier alpha value is -3.00. The molecule has 1 saturated carbocycles. The number of piperidine rings is 1. The van der Waals surface area contributed by atoms with Gasteiger partial charge in [0.15, 0.2) is 0 Å². The van der Waals surface area contributed by atoms with Crippen LogP contribution in [-0.4, -0.2) is 57.5 Å². The second-order valence-electron chi connectivity index (χ2n) is 8.66. The number of nitrogens with zero attached hydrogens (tertiary/aromatic N) is 3. The van der Waals surface area contributed by atoms with Crippen LogP contribution < -0.4 is 5.56 Å². The summed E-state index contributed by atoms with van der Waals surface area (Å²) in [6.07, 6.45) is 3.25. The fourth-order valence-electron chi connectivity index (χ4n) is 4.86. The second kappa shape index (κ2) is 7.60. The monoisotopic (exact) mass is 425 g/mol. The van der Waals surface area contributed by atoms with E-state index in [9.17, 15) is 18.8 Å². The van der Waals surface area contributed by atoms with Gasteiger partial charge in [-0.2, -0.15) is 0 Å². The van der Waals surface area contributed by atoms with E-state index in [0.717, 1.165) is 12.0 Å². The van der Waals surface area contributed by atoms with E-state index in [4.69, 9.17) is 5.11 Å². The van der Waals surface area contributed by atoms with Crippen LogP contribution in [0.4, 0.5) is 4.39 Å². The summed E-state index contributed by atoms with van der Waals surface area (Å²) < 4.78 is 14.8. The first-order valence-corrected chi connectivity index (χ1v) is 10.7. The highest BCUT2D eigenvalue weighted by atomic mass is 19.1. The van der Waals surface area contributed by atoms with Crippen LogP contribution in [0.3, 0.4) is 0 Å². The average Bonchev–Trinajstić information content (AvgIpc) is 3.38. The second-order valence-corrected chi connectivity index (χ2v) is 8.66. The van der Waals surface area contributed by atoms with E-state index in [1.54, 1.807) is 16.0 Å². The third-order valence-corrected chi connectivity index (χ3v) is 6.66. The van der Waals surface area contributed by atoms with Crippen LogP contribution in [0.2, 0.25) is 0 Å². The van der Waals surface area contributed by atoms with E-state index < -0.39 is 11.4 Å². The molecule has 2 atom stereocenters. The zero-order chi connectivity index (χ0) is 21.7. The number of carbonyl (C=O) groups excluding carboxylic acids is 2. The summed E-state index contributed by atoms with van der Waals surface area (Å²) >= 11 is 0. The van der Waals surface area contributed by atoms with E-state index in [1.165, 1.54) is 28.8 Å². The van der Waals surface area contributed by atoms with Crippen LogP contribution >= 0.6 is 0 Å². The number of carbonyl (C=O) groups is 2. The van der Waals surface area contributed by atoms with Crippen molar-refractivity contribution in [2.45, 2.75) is 25.8 Å². The standard InChI is InChI=1S/C23H24FN3O4/c24-17-1-3-18(4-2-17)27-13-16-12-25(20(29)6-8-28)7-5-19(16)21(23(27)31)22(30)26-10-14-9-15(14)11-26/h1-4,13-15,28H,5-12H2/t14-,15+. The van der Waals surface area contributed by atoms with E-state index in [0.29, 0.717) is 49.1 Å². The molecule has 2 fully saturated rings. The maximum Gasteiger partial charge on any atom is 0.268 e. The van der Waals surface area contributed by atoms with Crippen molar-refractivity contribution in [1.29, 1.82) is 0 Å². The van der Waals surface area contributed by atoms with E-state index in [1.807, 2.05) is 0 Å². The third-order valence-electron chi connectivity index (χ3n) is 6.66. The normalized spacial score (nSPS) is 21.6. The molecule has 1 aromatic heterocycles. The maximum atomic E-state index is 13.4. The average molecular weight is 425 g/mol. The minimum Gasteiger partial charge on any atom is -0.396 e. The molecule has 5 rings (SSSR count). The van der Waals surface area contributed by atoms with Crippen molar-refractivity contribution < 1.29 is 19.1 Å². The SMILES string of the molecule is O=C(CCO)N1CCc2c(cn(-c3ccc(F)cc3)c(=O)c2C(=O)N2C[C@H]3C[C@H]3C2)C1. The molecule has 1 aromatic carbocycles. The minimum atomic E-state index is -0.414. The Kier molecular flexibility index (Phi) is 4.89. The summed E-state index contributed by atoms with van der Waals surface area (Å²) in [5.41, 5.74) is 1.64. The van der Waals surface area contributed by atoms with Crippen LogP contribution in [0.1, 0.15) is 34.3 Å². The van der Waals surface area contributed by atoms with Crippen molar-refractivity contribution in [1.82, 2.24) is 14.4 Å². The van der Waals surface area contributed by atoms with Gasteiger partial charge >= 0.3 is 0 Å². The fourth-order valence-corrected chi connectivity index (χ4v) is 4.86. The van der Waals surface area contributed by atoms with Crippen molar-refractivity contribution in [2.75, 3.05) is 26.2 Å². The molecule has 7 nitrogen and oxygen atoms in total. The Bertz CT molecular complexity index is 1100. The molecule has 1 aliphatic carbocycles. The summed E-state index contributed by atoms with van der Waals surface area (Å²) in [5, 5.41) is 9.10. The number of hydrogen-bond acceptors (Lipinski definition) is 4. The molecular formula is C23H24FN3O4. The van der Waals surface area contributed by atoms with Crippen molar-refractivity contribution >= 4 is 11.8 Å². The molecule has 1 N–H and O–H groups in total. The molecule has 1 saturated heterocycles. The number of aliphatic hydroxyl groups excluding tert-OH is 1. The van der Waals surface area contributed by atoms with Crippen LogP contribution in [0, 0.1) is 17.7 Å². The highest BCUT2D eigenvalue weighted by Gasteiger charge is 2.47. The lowest BCUT2D eigenvalue weighted by atomic mass is 9.95. The molecule has 3 aliphatic rings. The van der Waals surface area contributed by atoms with Gasteiger partial charge in [-0.05, 0) is 60.1 Å². The van der Waals surface area contributed by atoms with Crippen molar-refractivity contribution in [3.05, 3.63) is 63.3 Å². The molecule has 0 spiro atoms. The quantitative estimate of drug-likeness (QED) is 0.802. The molecule has 0 unspecified atom stereocenters. The predicted octanol–water partition coefficient (Wildman–Crippen LogP) is 1.34. The smallest absolute Gasteiger partial charge is 0.268 e. The summed E-state index contributed by atoms with van der Waals surface area (Å²) in [4.78, 5) is 42.6. The number of rotatable bonds is 4. The number of benzene rings is 1. The Balaban J connectivity index is 1.59. The van der Waals surface area contributed by atoms with Gasteiger partial charge < -0.3 is 14.9 Å². The predicted molar refractivity (Wildman–Crippen MR) is 110 cm³/mol. The summed E-state index contributed by atoms with van der Waals surface area (Å²) in [7, 11) is 0. The number of halogens is 1. The summed E-state index contributed by atoms with van der Waals surface area (Å²) in [6.45, 7) is 1.81. The van der Waals surface area contributed by atoms with Crippen molar-refractivity contribution in [3.63, 3.8) is 0 Å². The summed E-state index contributed by atoms with van der Waals surface area (Å²) in [6, 6.07) is 5.54. The number of fused-ring (bicyclic) bond motifs is 2. The number of hydrogen-bond donors (Lipinski definition) is 1. The number of likely N-dealkylation sites (tertiary alicyclic amines) is 1. The fraction of sp³-hybridized carbons (Fsp3) is 0.435. The molecule has 8 heteroatoms. The minimum absolute atomic E-state index is 0.0370. The molecule has 3 heterocycles. The molecule has 2 aromatic rings. The molecule has 0 bridgehead atoms. The highest BCUT2D eigenvalue weighted by molar-refractivity contribution is 5.96. The number of pyridine rings is 1. The summed E-state index contributed by atoms with van der Waals surface area (Å²) in [5.74, 6) is 0.271. The Morgan fingerprint density at radius 1 is 1.10 bits per heavy atom. The van der Waals surface area contributed by atoms with Crippen LogP contribution in [0.15, 0.2) is 35.3 Å². The van der Waals surface area contributed by atoms with Gasteiger partial charge in [-0.3, -0.25) is 19.0 Å². The van der Waals surface area contributed by atoms with Gasteiger partial charge in [0.25, 0.3) is 11.5 Å². The maximum absolute atomic E-state index is 13.4. The molecule has 31 heavy (non-hydrogen) atoms. The van der Waals surface area contributed by atoms with E-state index >= 15 is 0 Å². The lowest BCUT2D eigenvalue weighted by Crippen LogP contribution is -2.42. The topological polar surface area (TPSA) is 82.8 Å². The molecular weight excluding hydrogens is 401 g/mol. The number of amides is 2. The first kappa shape index (κ1) is 19.9. The number of aliphatic hydroxyl groups is 1. The van der Waals surface area contributed by atoms with Gasteiger partial charge in [-0.25, -0.2) is 4.39 Å². The van der Waals surface area contributed by atoms with Crippen molar-refractivity contribution in [3.8, 4) is 5.69 Å². The Labute approximate surface area is 178 Å². The van der Waals surface area contributed by atoms with Gasteiger partial charge in [0, 0.05) is 44.5 Å². The molecule has 0 radical (unpaired) electrons. The van der Waals surface area contributed by atoms with E-state index in [-0.39, 0.29) is 37.0 Å². The molecule has 2 amide bonds. The number of aromatic nitrogens is 1. The zero-order valence-corrected chi connectivity index (χ0v) is 17.1. The van der Waals surface area contributed by atoms with E-state index in [2.05, 4.69) is 0 Å². The Morgan fingerprint density at radius 2 is 1.81 bits per heavy atom. The van der Waals surface area contributed by atoms with Gasteiger partial charge in [-0.1, -0.05) is 0 Å². The first-order chi connectivity index (χ1) is 15.0. The first-order valence-electron chi connectivity index (χ1n) is 10.7. The molecule has 162 valence electrons. The Morgan fingerprint density at radius 3 is 2.48 bits per heavy atom. The molecule has 2 aliphatic heterocycles. The zero-order valence-electron chi connectivity index (χ0n) is 17.1. The van der Waals surface area contributed by atoms with Gasteiger partial charge in [-0.15, -0.1) is 0 Å². The van der Waals surface area contributed by atoms with Crippen LogP contribution in [0.5, 0.6) is 0 Å². The lowest BCUT2D eigenvalue weighted by Gasteiger charge is -2.31. The van der Waals surface area contributed by atoms with Crippen LogP contribution in [-0.2, 0) is 17.8 Å². The van der Waals surface area contributed by atoms with Gasteiger partial charge in [0.2, 0.25) is 5.91 Å². The highest BCUT2D eigenvalue weighted by Crippen LogP contribution is 2.45. The van der Waals surface area contributed by atoms with Crippen LogP contribution in [0.25, 0.3) is 5.69 Å². The van der Waals surface area contributed by atoms with Gasteiger partial charge in [0.05, 0.1) is 6.61 Å². The third kappa shape index (κ3) is 3.54. The lowest BCUT2D eigenvalue weighted by molar-refractivity contribution is -0.132.